The summed E-state index contributed by atoms with van der Waals surface area (Å²) >= 11 is 3.62. The molecule has 0 atom stereocenters. The summed E-state index contributed by atoms with van der Waals surface area (Å²) in [5.41, 5.74) is 8.46. The zero-order chi connectivity index (χ0) is 13.4. The van der Waals surface area contributed by atoms with Gasteiger partial charge in [0, 0.05) is 0 Å². The van der Waals surface area contributed by atoms with E-state index < -0.39 is 0 Å². The highest BCUT2D eigenvalue weighted by Gasteiger charge is 2.24. The van der Waals surface area contributed by atoms with E-state index >= 15 is 0 Å². The standard InChI is InChI=1S/C18H14S2/c1-3-7-15-13(5-1)9-19-11-17(15)18-12-20-10-14-6-2-4-8-16(14)18/h1-4,7-12H,5-6H2. The molecule has 0 unspecified atom stereocenters. The summed E-state index contributed by atoms with van der Waals surface area (Å²) in [5.74, 6) is 0. The average Bonchev–Trinajstić information content (AvgIpc) is 2.54. The molecule has 2 aliphatic heterocycles. The van der Waals surface area contributed by atoms with Gasteiger partial charge in [-0.05, 0) is 67.9 Å². The fourth-order valence-corrected chi connectivity index (χ4v) is 4.50. The minimum atomic E-state index is 1.05. The molecule has 2 aliphatic carbocycles. The highest BCUT2D eigenvalue weighted by molar-refractivity contribution is 8.05. The molecule has 98 valence electrons. The molecule has 0 aromatic carbocycles. The molecule has 0 fully saturated rings. The van der Waals surface area contributed by atoms with Crippen molar-refractivity contribution < 1.29 is 0 Å². The minimum absolute atomic E-state index is 1.05. The topological polar surface area (TPSA) is 0 Å². The molecular formula is C18H14S2. The van der Waals surface area contributed by atoms with Crippen molar-refractivity contribution in [3.05, 3.63) is 91.5 Å². The number of rotatable bonds is 1. The predicted molar refractivity (Wildman–Crippen MR) is 91.2 cm³/mol. The third kappa shape index (κ3) is 2.04. The first-order chi connectivity index (χ1) is 9.93. The number of hydrogen-bond donors (Lipinski definition) is 0. The van der Waals surface area contributed by atoms with Gasteiger partial charge in [0.15, 0.2) is 0 Å². The molecule has 0 bridgehead atoms. The number of allylic oxidation sites excluding steroid dienone is 12. The van der Waals surface area contributed by atoms with E-state index in [2.05, 4.69) is 58.1 Å². The van der Waals surface area contributed by atoms with Gasteiger partial charge in [0.05, 0.1) is 0 Å². The second kappa shape index (κ2) is 5.19. The van der Waals surface area contributed by atoms with Crippen LogP contribution in [0.25, 0.3) is 0 Å². The van der Waals surface area contributed by atoms with Gasteiger partial charge in [0.2, 0.25) is 0 Å². The van der Waals surface area contributed by atoms with Gasteiger partial charge in [-0.15, -0.1) is 23.5 Å². The molecule has 0 nitrogen and oxygen atoms in total. The van der Waals surface area contributed by atoms with Crippen molar-refractivity contribution in [1.82, 2.24) is 0 Å². The molecule has 0 saturated carbocycles. The average molecular weight is 294 g/mol. The molecule has 0 aromatic heterocycles. The van der Waals surface area contributed by atoms with E-state index in [4.69, 9.17) is 0 Å². The van der Waals surface area contributed by atoms with E-state index in [0.29, 0.717) is 0 Å². The lowest BCUT2D eigenvalue weighted by Gasteiger charge is -2.27. The number of fused-ring (bicyclic) bond motifs is 2. The van der Waals surface area contributed by atoms with Crippen LogP contribution in [-0.2, 0) is 0 Å². The Balaban J connectivity index is 1.78. The van der Waals surface area contributed by atoms with Crippen LogP contribution in [0.1, 0.15) is 12.8 Å². The maximum atomic E-state index is 2.29. The van der Waals surface area contributed by atoms with Crippen LogP contribution in [0.5, 0.6) is 0 Å². The quantitative estimate of drug-likeness (QED) is 0.600. The third-order valence-electron chi connectivity index (χ3n) is 3.83. The van der Waals surface area contributed by atoms with Crippen LogP contribution in [0, 0.1) is 0 Å². The molecule has 2 heteroatoms. The summed E-state index contributed by atoms with van der Waals surface area (Å²) < 4.78 is 0. The first-order valence-corrected chi connectivity index (χ1v) is 8.67. The summed E-state index contributed by atoms with van der Waals surface area (Å²) in [4.78, 5) is 0. The third-order valence-corrected chi connectivity index (χ3v) is 5.41. The zero-order valence-electron chi connectivity index (χ0n) is 11.0. The molecule has 0 aromatic rings. The zero-order valence-corrected chi connectivity index (χ0v) is 12.6. The Bertz CT molecular complexity index is 642. The minimum Gasteiger partial charge on any atom is -0.105 e. The van der Waals surface area contributed by atoms with Crippen LogP contribution in [0.15, 0.2) is 91.5 Å². The molecule has 0 radical (unpaired) electrons. The Morgan fingerprint density at radius 1 is 0.600 bits per heavy atom. The fraction of sp³-hybridized carbons (Fsp3) is 0.111. The highest BCUT2D eigenvalue weighted by atomic mass is 32.2. The lowest BCUT2D eigenvalue weighted by molar-refractivity contribution is 1.16. The Morgan fingerprint density at radius 3 is 1.60 bits per heavy atom. The molecule has 4 aliphatic rings. The largest absolute Gasteiger partial charge is 0.105 e. The summed E-state index contributed by atoms with van der Waals surface area (Å²) in [7, 11) is 0. The van der Waals surface area contributed by atoms with Crippen molar-refractivity contribution in [2.75, 3.05) is 0 Å². The Hall–Kier alpha value is -1.38. The Morgan fingerprint density at radius 2 is 1.10 bits per heavy atom. The maximum Gasteiger partial charge on any atom is -0.00305 e. The lowest BCUT2D eigenvalue weighted by atomic mass is 9.83. The lowest BCUT2D eigenvalue weighted by Crippen LogP contribution is -2.07. The highest BCUT2D eigenvalue weighted by Crippen LogP contribution is 2.45. The first-order valence-electron chi connectivity index (χ1n) is 6.78. The van der Waals surface area contributed by atoms with Crippen molar-refractivity contribution in [3.63, 3.8) is 0 Å². The van der Waals surface area contributed by atoms with Crippen molar-refractivity contribution in [3.8, 4) is 0 Å². The van der Waals surface area contributed by atoms with E-state index in [9.17, 15) is 0 Å². The van der Waals surface area contributed by atoms with Gasteiger partial charge >= 0.3 is 0 Å². The Labute approximate surface area is 128 Å². The molecule has 0 saturated heterocycles. The van der Waals surface area contributed by atoms with E-state index in [-0.39, 0.29) is 0 Å². The van der Waals surface area contributed by atoms with Crippen LogP contribution in [-0.4, -0.2) is 0 Å². The van der Waals surface area contributed by atoms with Gasteiger partial charge in [0.25, 0.3) is 0 Å². The monoisotopic (exact) mass is 294 g/mol. The first kappa shape index (κ1) is 12.4. The summed E-state index contributed by atoms with van der Waals surface area (Å²) in [6, 6.07) is 0. The molecule has 2 heterocycles. The van der Waals surface area contributed by atoms with Crippen molar-refractivity contribution in [1.29, 1.82) is 0 Å². The number of hydrogen-bond acceptors (Lipinski definition) is 2. The van der Waals surface area contributed by atoms with E-state index in [0.717, 1.165) is 12.8 Å². The second-order valence-corrected chi connectivity index (χ2v) is 6.53. The maximum absolute atomic E-state index is 2.29. The van der Waals surface area contributed by atoms with Gasteiger partial charge in [-0.3, -0.25) is 0 Å². The van der Waals surface area contributed by atoms with Gasteiger partial charge in [-0.1, -0.05) is 36.5 Å². The van der Waals surface area contributed by atoms with Crippen LogP contribution in [0.3, 0.4) is 0 Å². The second-order valence-electron chi connectivity index (χ2n) is 5.05. The molecule has 20 heavy (non-hydrogen) atoms. The van der Waals surface area contributed by atoms with Crippen molar-refractivity contribution in [2.45, 2.75) is 12.8 Å². The fourth-order valence-electron chi connectivity index (χ4n) is 2.81. The summed E-state index contributed by atoms with van der Waals surface area (Å²) in [6.07, 6.45) is 15.4. The molecule has 0 N–H and O–H groups in total. The van der Waals surface area contributed by atoms with E-state index in [1.807, 2.05) is 23.5 Å². The van der Waals surface area contributed by atoms with Crippen molar-refractivity contribution >= 4 is 23.5 Å². The molecule has 4 rings (SSSR count). The molecule has 0 spiro atoms. The molecular weight excluding hydrogens is 280 g/mol. The van der Waals surface area contributed by atoms with Gasteiger partial charge < -0.3 is 0 Å². The molecule has 0 amide bonds. The predicted octanol–water partition coefficient (Wildman–Crippen LogP) is 5.79. The number of thioether (sulfide) groups is 2. The van der Waals surface area contributed by atoms with Crippen LogP contribution < -0.4 is 0 Å². The SMILES string of the molecule is C1=CCC2=CSC=C(C3=CSC=C4CC=CC=C43)C2=C1. The normalized spacial score (nSPS) is 23.6. The smallest absolute Gasteiger partial charge is 0.00305 e. The van der Waals surface area contributed by atoms with Gasteiger partial charge in [-0.2, -0.15) is 0 Å². The Kier molecular flexibility index (Phi) is 3.21. The summed E-state index contributed by atoms with van der Waals surface area (Å²) in [6.45, 7) is 0. The van der Waals surface area contributed by atoms with Gasteiger partial charge in [0.1, 0.15) is 0 Å². The summed E-state index contributed by atoms with van der Waals surface area (Å²) in [5, 5.41) is 9.15. The van der Waals surface area contributed by atoms with Crippen LogP contribution in [0.4, 0.5) is 0 Å². The van der Waals surface area contributed by atoms with E-state index in [1.54, 1.807) is 0 Å². The van der Waals surface area contributed by atoms with E-state index in [1.165, 1.54) is 33.4 Å². The van der Waals surface area contributed by atoms with Crippen molar-refractivity contribution in [2.24, 2.45) is 0 Å². The van der Waals surface area contributed by atoms with Gasteiger partial charge in [-0.25, -0.2) is 0 Å². The van der Waals surface area contributed by atoms with Crippen LogP contribution >= 0.6 is 23.5 Å². The van der Waals surface area contributed by atoms with Crippen LogP contribution in [0.2, 0.25) is 0 Å².